The minimum absolute atomic E-state index is 0. The van der Waals surface area contributed by atoms with Crippen LogP contribution in [-0.2, 0) is 11.2 Å². The van der Waals surface area contributed by atoms with Gasteiger partial charge < -0.3 is 19.7 Å². The molecule has 2 rings (SSSR count). The standard InChI is InChI=1S/C15H22N2O3.ClH/c1-16-6-7-17(2)15(18)12-8-11-9-13(19-3)4-5-14(11)20-10-12;/h4-5,9,12,16H,6-8,10H2,1-3H3;1H. The molecular formula is C15H23ClN2O3. The lowest BCUT2D eigenvalue weighted by Gasteiger charge is -2.28. The Balaban J connectivity index is 0.00000220. The van der Waals surface area contributed by atoms with Crippen molar-refractivity contribution in [3.8, 4) is 11.5 Å². The van der Waals surface area contributed by atoms with Gasteiger partial charge in [-0.25, -0.2) is 0 Å². The molecule has 1 aromatic carbocycles. The first-order chi connectivity index (χ1) is 9.65. The van der Waals surface area contributed by atoms with Crippen molar-refractivity contribution in [1.29, 1.82) is 0 Å². The van der Waals surface area contributed by atoms with Gasteiger partial charge in [0, 0.05) is 20.1 Å². The molecule has 0 bridgehead atoms. The molecule has 0 saturated heterocycles. The smallest absolute Gasteiger partial charge is 0.229 e. The second-order valence-electron chi connectivity index (χ2n) is 5.05. The third-order valence-electron chi connectivity index (χ3n) is 3.60. The number of halogens is 1. The Morgan fingerprint density at radius 1 is 1.52 bits per heavy atom. The van der Waals surface area contributed by atoms with E-state index >= 15 is 0 Å². The van der Waals surface area contributed by atoms with Crippen LogP contribution in [0.4, 0.5) is 0 Å². The van der Waals surface area contributed by atoms with E-state index < -0.39 is 0 Å². The van der Waals surface area contributed by atoms with Crippen LogP contribution in [0, 0.1) is 5.92 Å². The van der Waals surface area contributed by atoms with Gasteiger partial charge in [-0.15, -0.1) is 12.4 Å². The highest BCUT2D eigenvalue weighted by Gasteiger charge is 2.28. The Labute approximate surface area is 132 Å². The molecule has 0 spiro atoms. The summed E-state index contributed by atoms with van der Waals surface area (Å²) < 4.78 is 10.9. The van der Waals surface area contributed by atoms with E-state index in [2.05, 4.69) is 5.32 Å². The van der Waals surface area contributed by atoms with Gasteiger partial charge in [0.25, 0.3) is 0 Å². The van der Waals surface area contributed by atoms with Crippen molar-refractivity contribution >= 4 is 18.3 Å². The number of hydrogen-bond donors (Lipinski definition) is 1. The Kier molecular flexibility index (Phi) is 6.78. The number of carbonyl (C=O) groups is 1. The minimum Gasteiger partial charge on any atom is -0.497 e. The van der Waals surface area contributed by atoms with E-state index in [1.807, 2.05) is 32.3 Å². The second-order valence-corrected chi connectivity index (χ2v) is 5.05. The fourth-order valence-electron chi connectivity index (χ4n) is 2.36. The first-order valence-electron chi connectivity index (χ1n) is 6.85. The van der Waals surface area contributed by atoms with Gasteiger partial charge in [0.2, 0.25) is 5.91 Å². The van der Waals surface area contributed by atoms with Gasteiger partial charge in [-0.3, -0.25) is 4.79 Å². The Morgan fingerprint density at radius 2 is 2.29 bits per heavy atom. The first kappa shape index (κ1) is 17.6. The van der Waals surface area contributed by atoms with E-state index in [1.54, 1.807) is 12.0 Å². The van der Waals surface area contributed by atoms with Gasteiger partial charge in [0.05, 0.1) is 13.0 Å². The van der Waals surface area contributed by atoms with Crippen molar-refractivity contribution in [3.05, 3.63) is 23.8 Å². The molecule has 21 heavy (non-hydrogen) atoms. The maximum absolute atomic E-state index is 12.4. The van der Waals surface area contributed by atoms with Crippen LogP contribution in [0.2, 0.25) is 0 Å². The van der Waals surface area contributed by atoms with E-state index in [-0.39, 0.29) is 24.2 Å². The maximum Gasteiger partial charge on any atom is 0.229 e. The maximum atomic E-state index is 12.4. The van der Waals surface area contributed by atoms with Crippen LogP contribution in [0.25, 0.3) is 0 Å². The molecule has 0 fully saturated rings. The van der Waals surface area contributed by atoms with E-state index in [9.17, 15) is 4.79 Å². The van der Waals surface area contributed by atoms with Gasteiger partial charge in [-0.2, -0.15) is 0 Å². The molecule has 0 saturated carbocycles. The van der Waals surface area contributed by atoms with Gasteiger partial charge >= 0.3 is 0 Å². The lowest BCUT2D eigenvalue weighted by Crippen LogP contribution is -2.41. The molecule has 1 heterocycles. The fourth-order valence-corrected chi connectivity index (χ4v) is 2.36. The number of amides is 1. The zero-order chi connectivity index (χ0) is 14.5. The molecule has 0 aromatic heterocycles. The molecule has 1 aliphatic rings. The molecule has 1 aromatic rings. The van der Waals surface area contributed by atoms with E-state index in [1.165, 1.54) is 0 Å². The van der Waals surface area contributed by atoms with Crippen LogP contribution in [-0.4, -0.2) is 51.7 Å². The molecule has 1 aliphatic heterocycles. The van der Waals surface area contributed by atoms with Crippen molar-refractivity contribution in [2.45, 2.75) is 6.42 Å². The Morgan fingerprint density at radius 3 is 2.95 bits per heavy atom. The van der Waals surface area contributed by atoms with E-state index in [0.717, 1.165) is 23.6 Å². The molecule has 1 N–H and O–H groups in total. The molecule has 5 nitrogen and oxygen atoms in total. The summed E-state index contributed by atoms with van der Waals surface area (Å²) >= 11 is 0. The Bertz CT molecular complexity index is 482. The van der Waals surface area contributed by atoms with Crippen LogP contribution in [0.5, 0.6) is 11.5 Å². The summed E-state index contributed by atoms with van der Waals surface area (Å²) in [6.45, 7) is 1.94. The third-order valence-corrected chi connectivity index (χ3v) is 3.60. The number of nitrogens with one attached hydrogen (secondary N) is 1. The molecular weight excluding hydrogens is 292 g/mol. The highest BCUT2D eigenvalue weighted by molar-refractivity contribution is 5.85. The fraction of sp³-hybridized carbons (Fsp3) is 0.533. The Hall–Kier alpha value is -1.46. The molecule has 118 valence electrons. The van der Waals surface area contributed by atoms with Crippen LogP contribution in [0.1, 0.15) is 5.56 Å². The zero-order valence-electron chi connectivity index (χ0n) is 12.7. The van der Waals surface area contributed by atoms with E-state index in [0.29, 0.717) is 19.6 Å². The molecule has 0 aliphatic carbocycles. The quantitative estimate of drug-likeness (QED) is 0.891. The van der Waals surface area contributed by atoms with Crippen molar-refractivity contribution in [2.75, 3.05) is 40.9 Å². The highest BCUT2D eigenvalue weighted by atomic mass is 35.5. The van der Waals surface area contributed by atoms with Crippen molar-refractivity contribution < 1.29 is 14.3 Å². The molecule has 1 amide bonds. The van der Waals surface area contributed by atoms with Crippen molar-refractivity contribution in [1.82, 2.24) is 10.2 Å². The van der Waals surface area contributed by atoms with Crippen LogP contribution in [0.15, 0.2) is 18.2 Å². The molecule has 1 atom stereocenters. The lowest BCUT2D eigenvalue weighted by molar-refractivity contribution is -0.135. The summed E-state index contributed by atoms with van der Waals surface area (Å²) in [5.74, 6) is 1.67. The van der Waals surface area contributed by atoms with Gasteiger partial charge in [0.1, 0.15) is 18.1 Å². The predicted molar refractivity (Wildman–Crippen MR) is 84.5 cm³/mol. The largest absolute Gasteiger partial charge is 0.497 e. The molecule has 0 radical (unpaired) electrons. The lowest BCUT2D eigenvalue weighted by atomic mass is 9.95. The summed E-state index contributed by atoms with van der Waals surface area (Å²) in [6, 6.07) is 5.72. The van der Waals surface area contributed by atoms with Crippen LogP contribution < -0.4 is 14.8 Å². The monoisotopic (exact) mass is 314 g/mol. The van der Waals surface area contributed by atoms with Gasteiger partial charge in [0.15, 0.2) is 0 Å². The number of nitrogens with zero attached hydrogens (tertiary/aromatic N) is 1. The second kappa shape index (κ2) is 8.10. The first-order valence-corrected chi connectivity index (χ1v) is 6.85. The summed E-state index contributed by atoms with van der Waals surface area (Å²) in [5.41, 5.74) is 1.04. The number of methoxy groups -OCH3 is 1. The summed E-state index contributed by atoms with van der Waals surface area (Å²) in [6.07, 6.45) is 0.704. The number of fused-ring (bicyclic) bond motifs is 1. The normalized spacial score (nSPS) is 16.2. The molecule has 6 heteroatoms. The van der Waals surface area contributed by atoms with Crippen LogP contribution in [0.3, 0.4) is 0 Å². The number of benzene rings is 1. The van der Waals surface area contributed by atoms with E-state index in [4.69, 9.17) is 9.47 Å². The summed E-state index contributed by atoms with van der Waals surface area (Å²) in [7, 11) is 5.35. The average Bonchev–Trinajstić information content (AvgIpc) is 2.50. The third kappa shape index (κ3) is 4.25. The minimum atomic E-state index is -0.114. The summed E-state index contributed by atoms with van der Waals surface area (Å²) in [5, 5.41) is 3.05. The number of likely N-dealkylation sites (N-methyl/N-ethyl adjacent to an activating group) is 2. The van der Waals surface area contributed by atoms with Gasteiger partial charge in [-0.05, 0) is 37.2 Å². The number of hydrogen-bond acceptors (Lipinski definition) is 4. The average molecular weight is 315 g/mol. The zero-order valence-corrected chi connectivity index (χ0v) is 13.5. The summed E-state index contributed by atoms with van der Waals surface area (Å²) in [4.78, 5) is 14.1. The van der Waals surface area contributed by atoms with Crippen LogP contribution >= 0.6 is 12.4 Å². The van der Waals surface area contributed by atoms with Crippen molar-refractivity contribution in [3.63, 3.8) is 0 Å². The van der Waals surface area contributed by atoms with Crippen molar-refractivity contribution in [2.24, 2.45) is 5.92 Å². The topological polar surface area (TPSA) is 50.8 Å². The number of ether oxygens (including phenoxy) is 2. The predicted octanol–water partition coefficient (Wildman–Crippen LogP) is 1.35. The number of rotatable bonds is 5. The highest BCUT2D eigenvalue weighted by Crippen LogP contribution is 2.31. The SMILES string of the molecule is CNCCN(C)C(=O)C1COc2ccc(OC)cc2C1.Cl. The number of carbonyl (C=O) groups excluding carboxylic acids is 1. The molecule has 1 unspecified atom stereocenters. The van der Waals surface area contributed by atoms with Gasteiger partial charge in [-0.1, -0.05) is 0 Å².